The summed E-state index contributed by atoms with van der Waals surface area (Å²) < 4.78 is 5.75. The first kappa shape index (κ1) is 11.8. The Morgan fingerprint density at radius 2 is 1.93 bits per heavy atom. The molecule has 82 valence electrons. The van der Waals surface area contributed by atoms with Gasteiger partial charge in [0.1, 0.15) is 11.9 Å². The lowest BCUT2D eigenvalue weighted by molar-refractivity contribution is 0.177. The Morgan fingerprint density at radius 3 is 2.40 bits per heavy atom. The van der Waals surface area contributed by atoms with Crippen molar-refractivity contribution in [2.24, 2.45) is 0 Å². The molecule has 0 saturated heterocycles. The Labute approximate surface area is 92.2 Å². The molecule has 1 rings (SSSR count). The van der Waals surface area contributed by atoms with Crippen molar-refractivity contribution in [2.75, 3.05) is 20.6 Å². The second-order valence-electron chi connectivity index (χ2n) is 3.96. The molecule has 1 unspecified atom stereocenters. The van der Waals surface area contributed by atoms with Crippen molar-refractivity contribution < 1.29 is 4.74 Å². The van der Waals surface area contributed by atoms with Crippen molar-refractivity contribution in [1.29, 1.82) is 0 Å². The molecular weight excluding hydrogens is 186 g/mol. The first-order valence-corrected chi connectivity index (χ1v) is 5.15. The largest absolute Gasteiger partial charge is 0.489 e. The molecule has 2 heteroatoms. The van der Waals surface area contributed by atoms with Gasteiger partial charge in [-0.1, -0.05) is 24.8 Å². The van der Waals surface area contributed by atoms with Gasteiger partial charge < -0.3 is 9.64 Å². The number of hydrogen-bond donors (Lipinski definition) is 0. The van der Waals surface area contributed by atoms with Crippen LogP contribution in [0.1, 0.15) is 12.5 Å². The van der Waals surface area contributed by atoms with Gasteiger partial charge in [-0.2, -0.15) is 0 Å². The van der Waals surface area contributed by atoms with Gasteiger partial charge in [0.15, 0.2) is 0 Å². The number of nitrogens with zero attached hydrogens (tertiary/aromatic N) is 1. The molecule has 0 aliphatic heterocycles. The molecule has 0 N–H and O–H groups in total. The minimum Gasteiger partial charge on any atom is -0.489 e. The quantitative estimate of drug-likeness (QED) is 0.732. The predicted octanol–water partition coefficient (Wildman–Crippen LogP) is 2.66. The summed E-state index contributed by atoms with van der Waals surface area (Å²) in [6.07, 6.45) is 2.03. The standard InChI is InChI=1S/C13H19NO/c1-5-12-6-8-13(9-7-12)15-11(2)10-14(3)4/h5-9,11H,1,10H2,2-4H3. The molecular formula is C13H19NO. The molecule has 0 saturated carbocycles. The molecule has 0 spiro atoms. The van der Waals surface area contributed by atoms with Crippen molar-refractivity contribution >= 4 is 6.08 Å². The molecule has 1 aromatic rings. The maximum Gasteiger partial charge on any atom is 0.119 e. The van der Waals surface area contributed by atoms with Crippen LogP contribution in [-0.4, -0.2) is 31.6 Å². The topological polar surface area (TPSA) is 12.5 Å². The Kier molecular flexibility index (Phi) is 4.37. The molecule has 0 heterocycles. The zero-order chi connectivity index (χ0) is 11.3. The van der Waals surface area contributed by atoms with E-state index in [1.807, 2.05) is 44.4 Å². The lowest BCUT2D eigenvalue weighted by atomic mass is 10.2. The van der Waals surface area contributed by atoms with E-state index < -0.39 is 0 Å². The van der Waals surface area contributed by atoms with Gasteiger partial charge in [-0.3, -0.25) is 0 Å². The van der Waals surface area contributed by atoms with Crippen LogP contribution < -0.4 is 4.74 Å². The summed E-state index contributed by atoms with van der Waals surface area (Å²) in [4.78, 5) is 2.11. The summed E-state index contributed by atoms with van der Waals surface area (Å²) in [5.74, 6) is 0.912. The molecule has 0 aliphatic rings. The lowest BCUT2D eigenvalue weighted by Crippen LogP contribution is -2.27. The third kappa shape index (κ3) is 4.17. The second-order valence-corrected chi connectivity index (χ2v) is 3.96. The van der Waals surface area contributed by atoms with Gasteiger partial charge in [0, 0.05) is 6.54 Å². The monoisotopic (exact) mass is 205 g/mol. The molecule has 0 radical (unpaired) electrons. The Hall–Kier alpha value is -1.28. The zero-order valence-electron chi connectivity index (χ0n) is 9.73. The minimum absolute atomic E-state index is 0.203. The third-order valence-corrected chi connectivity index (χ3v) is 2.08. The van der Waals surface area contributed by atoms with Crippen LogP contribution in [0.2, 0.25) is 0 Å². The summed E-state index contributed by atoms with van der Waals surface area (Å²) in [5, 5.41) is 0. The molecule has 0 bridgehead atoms. The molecule has 15 heavy (non-hydrogen) atoms. The zero-order valence-corrected chi connectivity index (χ0v) is 9.73. The third-order valence-electron chi connectivity index (χ3n) is 2.08. The Morgan fingerprint density at radius 1 is 1.33 bits per heavy atom. The number of benzene rings is 1. The molecule has 1 atom stereocenters. The van der Waals surface area contributed by atoms with E-state index >= 15 is 0 Å². The van der Waals surface area contributed by atoms with E-state index in [9.17, 15) is 0 Å². The van der Waals surface area contributed by atoms with Gasteiger partial charge in [-0.05, 0) is 38.7 Å². The van der Waals surface area contributed by atoms with Gasteiger partial charge in [-0.25, -0.2) is 0 Å². The molecule has 0 aromatic heterocycles. The summed E-state index contributed by atoms with van der Waals surface area (Å²) in [6, 6.07) is 7.96. The Bertz CT molecular complexity index is 303. The molecule has 1 aromatic carbocycles. The van der Waals surface area contributed by atoms with Crippen LogP contribution in [0.25, 0.3) is 6.08 Å². The fraction of sp³-hybridized carbons (Fsp3) is 0.385. The van der Waals surface area contributed by atoms with Crippen LogP contribution in [0.5, 0.6) is 5.75 Å². The van der Waals surface area contributed by atoms with Crippen molar-refractivity contribution in [3.63, 3.8) is 0 Å². The summed E-state index contributed by atoms with van der Waals surface area (Å²) in [5.41, 5.74) is 1.11. The summed E-state index contributed by atoms with van der Waals surface area (Å²) in [7, 11) is 4.08. The number of rotatable bonds is 5. The van der Waals surface area contributed by atoms with E-state index in [-0.39, 0.29) is 6.10 Å². The molecule has 2 nitrogen and oxygen atoms in total. The van der Waals surface area contributed by atoms with E-state index in [1.54, 1.807) is 0 Å². The van der Waals surface area contributed by atoms with Crippen molar-refractivity contribution in [2.45, 2.75) is 13.0 Å². The summed E-state index contributed by atoms with van der Waals surface area (Å²) >= 11 is 0. The van der Waals surface area contributed by atoms with Gasteiger partial charge in [0.25, 0.3) is 0 Å². The highest BCUT2D eigenvalue weighted by Gasteiger charge is 2.04. The first-order valence-electron chi connectivity index (χ1n) is 5.15. The number of likely N-dealkylation sites (N-methyl/N-ethyl adjacent to an activating group) is 1. The predicted molar refractivity (Wildman–Crippen MR) is 65.2 cm³/mol. The SMILES string of the molecule is C=Cc1ccc(OC(C)CN(C)C)cc1. The highest BCUT2D eigenvalue weighted by Crippen LogP contribution is 2.14. The van der Waals surface area contributed by atoms with Gasteiger partial charge in [0.2, 0.25) is 0 Å². The lowest BCUT2D eigenvalue weighted by Gasteiger charge is -2.18. The highest BCUT2D eigenvalue weighted by molar-refractivity contribution is 5.48. The molecule has 0 aliphatic carbocycles. The number of ether oxygens (including phenoxy) is 1. The van der Waals surface area contributed by atoms with Crippen molar-refractivity contribution in [3.05, 3.63) is 36.4 Å². The van der Waals surface area contributed by atoms with Crippen LogP contribution in [0.4, 0.5) is 0 Å². The average Bonchev–Trinajstić information content (AvgIpc) is 2.17. The van der Waals surface area contributed by atoms with Crippen molar-refractivity contribution in [3.8, 4) is 5.75 Å². The average molecular weight is 205 g/mol. The van der Waals surface area contributed by atoms with Gasteiger partial charge in [0.05, 0.1) is 0 Å². The van der Waals surface area contributed by atoms with E-state index in [2.05, 4.69) is 18.4 Å². The maximum atomic E-state index is 5.75. The van der Waals surface area contributed by atoms with Crippen LogP contribution in [0.15, 0.2) is 30.8 Å². The summed E-state index contributed by atoms with van der Waals surface area (Å²) in [6.45, 7) is 6.70. The first-order chi connectivity index (χ1) is 7.11. The second kappa shape index (κ2) is 5.56. The van der Waals surface area contributed by atoms with Crippen LogP contribution in [-0.2, 0) is 0 Å². The van der Waals surface area contributed by atoms with Crippen LogP contribution in [0, 0.1) is 0 Å². The van der Waals surface area contributed by atoms with E-state index in [0.29, 0.717) is 0 Å². The minimum atomic E-state index is 0.203. The highest BCUT2D eigenvalue weighted by atomic mass is 16.5. The van der Waals surface area contributed by atoms with Gasteiger partial charge >= 0.3 is 0 Å². The van der Waals surface area contributed by atoms with Crippen molar-refractivity contribution in [1.82, 2.24) is 4.90 Å². The number of hydrogen-bond acceptors (Lipinski definition) is 2. The smallest absolute Gasteiger partial charge is 0.119 e. The fourth-order valence-corrected chi connectivity index (χ4v) is 1.47. The van der Waals surface area contributed by atoms with Crippen LogP contribution in [0.3, 0.4) is 0 Å². The fourth-order valence-electron chi connectivity index (χ4n) is 1.47. The van der Waals surface area contributed by atoms with E-state index in [1.165, 1.54) is 0 Å². The van der Waals surface area contributed by atoms with Crippen LogP contribution >= 0.6 is 0 Å². The van der Waals surface area contributed by atoms with E-state index in [4.69, 9.17) is 4.74 Å². The normalized spacial score (nSPS) is 12.5. The molecule has 0 amide bonds. The van der Waals surface area contributed by atoms with E-state index in [0.717, 1.165) is 17.9 Å². The Balaban J connectivity index is 2.53. The van der Waals surface area contributed by atoms with Gasteiger partial charge in [-0.15, -0.1) is 0 Å². The molecule has 0 fully saturated rings. The maximum absolute atomic E-state index is 5.75.